The molecule has 0 aliphatic heterocycles. The lowest BCUT2D eigenvalue weighted by molar-refractivity contribution is 0.577. The molecule has 1 aromatic carbocycles. The van der Waals surface area contributed by atoms with Crippen LogP contribution in [-0.2, 0) is 10.7 Å². The number of rotatable bonds is 4. The highest BCUT2D eigenvalue weighted by Crippen LogP contribution is 2.15. The van der Waals surface area contributed by atoms with Crippen LogP contribution in [0.15, 0.2) is 18.2 Å². The molecule has 0 fully saturated rings. The van der Waals surface area contributed by atoms with Crippen molar-refractivity contribution in [1.29, 1.82) is 0 Å². The summed E-state index contributed by atoms with van der Waals surface area (Å²) in [6, 6.07) is 6.34. The third-order valence-corrected chi connectivity index (χ3v) is 3.58. The molecule has 0 atom stereocenters. The molecule has 1 rings (SSSR count). The highest BCUT2D eigenvalue weighted by Gasteiger charge is 1.99. The minimum Gasteiger partial charge on any atom is -0.451 e. The van der Waals surface area contributed by atoms with Crippen molar-refractivity contribution in [2.45, 2.75) is 30.2 Å². The van der Waals surface area contributed by atoms with Gasteiger partial charge >= 0.3 is 0 Å². The number of alkyl halides is 2. The molecule has 90 valence electrons. The van der Waals surface area contributed by atoms with Crippen molar-refractivity contribution < 1.29 is 5.02 Å². The predicted molar refractivity (Wildman–Crippen MR) is 81.8 cm³/mol. The zero-order chi connectivity index (χ0) is 12.7. The molecule has 0 amide bonds. The second-order valence-corrected chi connectivity index (χ2v) is 5.12. The van der Waals surface area contributed by atoms with Gasteiger partial charge in [-0.1, -0.05) is 56.6 Å². The Balaban J connectivity index is 2.75. The molecule has 1 N–H and O–H groups in total. The van der Waals surface area contributed by atoms with E-state index in [1.165, 1.54) is 11.1 Å². The van der Waals surface area contributed by atoms with Crippen LogP contribution in [0.2, 0.25) is 13.1 Å². The van der Waals surface area contributed by atoms with Gasteiger partial charge in [-0.25, -0.2) is 0 Å². The number of hydrogen-bond donors (Lipinski definition) is 1. The zero-order valence-corrected chi connectivity index (χ0v) is 13.0. The number of benzene rings is 1. The summed E-state index contributed by atoms with van der Waals surface area (Å²) in [5, 5.41) is 10.8. The average Bonchev–Trinajstić information content (AvgIpc) is 2.34. The van der Waals surface area contributed by atoms with E-state index in [0.717, 1.165) is 29.0 Å². The van der Waals surface area contributed by atoms with Gasteiger partial charge in [0.1, 0.15) is 0 Å². The molecule has 0 unspecified atom stereocenters. The fourth-order valence-corrected chi connectivity index (χ4v) is 2.08. The third-order valence-electron chi connectivity index (χ3n) is 2.28. The molecule has 0 radical (unpaired) electrons. The molecular formula is C13H15BBr2O. The van der Waals surface area contributed by atoms with Crippen molar-refractivity contribution in [3.05, 3.63) is 34.9 Å². The Morgan fingerprint density at radius 2 is 1.76 bits per heavy atom. The highest BCUT2D eigenvalue weighted by molar-refractivity contribution is 9.08. The van der Waals surface area contributed by atoms with Gasteiger partial charge in [-0.2, -0.15) is 0 Å². The van der Waals surface area contributed by atoms with E-state index in [4.69, 9.17) is 5.02 Å². The first-order valence-electron chi connectivity index (χ1n) is 5.57. The van der Waals surface area contributed by atoms with Gasteiger partial charge in [-0.05, 0) is 29.6 Å². The molecule has 0 bridgehead atoms. The topological polar surface area (TPSA) is 20.2 Å². The first-order chi connectivity index (χ1) is 8.15. The minimum absolute atomic E-state index is 0.267. The van der Waals surface area contributed by atoms with Crippen LogP contribution in [0, 0.1) is 11.8 Å². The van der Waals surface area contributed by atoms with Crippen molar-refractivity contribution in [2.75, 3.05) is 0 Å². The highest BCUT2D eigenvalue weighted by atomic mass is 79.9. The standard InChI is InChI=1S/C13H15BBr2O/c1-14(17)5-3-2-4-11-6-12(9-15)8-13(7-11)10-16/h6-8,17H,3,5,9-10H2,1H3. The average molecular weight is 358 g/mol. The van der Waals surface area contributed by atoms with E-state index in [1.54, 1.807) is 6.82 Å². The van der Waals surface area contributed by atoms with E-state index in [2.05, 4.69) is 61.9 Å². The van der Waals surface area contributed by atoms with Crippen LogP contribution in [0.5, 0.6) is 0 Å². The van der Waals surface area contributed by atoms with Gasteiger partial charge in [0.15, 0.2) is 0 Å². The van der Waals surface area contributed by atoms with Crippen molar-refractivity contribution in [3.63, 3.8) is 0 Å². The third kappa shape index (κ3) is 5.76. The molecule has 0 saturated heterocycles. The van der Waals surface area contributed by atoms with Crippen molar-refractivity contribution in [1.82, 2.24) is 0 Å². The van der Waals surface area contributed by atoms with Crippen molar-refractivity contribution >= 4 is 38.8 Å². The first-order valence-corrected chi connectivity index (χ1v) is 7.81. The summed E-state index contributed by atoms with van der Waals surface area (Å²) in [5.74, 6) is 6.24. The minimum atomic E-state index is -0.267. The Kier molecular flexibility index (Phi) is 6.95. The molecule has 0 spiro atoms. The smallest absolute Gasteiger partial charge is 0.286 e. The van der Waals surface area contributed by atoms with Gasteiger partial charge in [0.2, 0.25) is 0 Å². The summed E-state index contributed by atoms with van der Waals surface area (Å²) in [5.41, 5.74) is 3.52. The first kappa shape index (κ1) is 14.8. The Morgan fingerprint density at radius 1 is 1.18 bits per heavy atom. The Hall–Kier alpha value is -0.235. The predicted octanol–water partition coefficient (Wildman–Crippen LogP) is 3.83. The monoisotopic (exact) mass is 356 g/mol. The van der Waals surface area contributed by atoms with Crippen LogP contribution in [0.3, 0.4) is 0 Å². The van der Waals surface area contributed by atoms with E-state index in [1.807, 2.05) is 0 Å². The lowest BCUT2D eigenvalue weighted by Gasteiger charge is -2.01. The van der Waals surface area contributed by atoms with E-state index >= 15 is 0 Å². The second kappa shape index (κ2) is 7.97. The number of halogens is 2. The molecule has 0 aliphatic carbocycles. The number of hydrogen-bond acceptors (Lipinski definition) is 1. The van der Waals surface area contributed by atoms with Crippen LogP contribution in [-0.4, -0.2) is 11.9 Å². The van der Waals surface area contributed by atoms with Crippen molar-refractivity contribution in [2.24, 2.45) is 0 Å². The van der Waals surface area contributed by atoms with Gasteiger partial charge < -0.3 is 5.02 Å². The molecule has 1 aromatic rings. The second-order valence-electron chi connectivity index (χ2n) is 3.99. The lowest BCUT2D eigenvalue weighted by Crippen LogP contribution is -2.02. The normalized spacial score (nSPS) is 9.65. The summed E-state index contributed by atoms with van der Waals surface area (Å²) in [7, 11) is 0. The summed E-state index contributed by atoms with van der Waals surface area (Å²) in [6.07, 6.45) is 1.47. The van der Waals surface area contributed by atoms with Gasteiger partial charge in [-0.3, -0.25) is 0 Å². The molecule has 17 heavy (non-hydrogen) atoms. The Morgan fingerprint density at radius 3 is 2.24 bits per heavy atom. The summed E-state index contributed by atoms with van der Waals surface area (Å²) in [6.45, 7) is 1.52. The Bertz CT molecular complexity index is 399. The molecule has 4 heteroatoms. The van der Waals surface area contributed by atoms with Crippen LogP contribution in [0.4, 0.5) is 0 Å². The van der Waals surface area contributed by atoms with E-state index in [9.17, 15) is 0 Å². The van der Waals surface area contributed by atoms with Crippen LogP contribution >= 0.6 is 31.9 Å². The fourth-order valence-electron chi connectivity index (χ4n) is 1.43. The van der Waals surface area contributed by atoms with Crippen LogP contribution in [0.25, 0.3) is 0 Å². The maximum atomic E-state index is 9.13. The molecule has 0 saturated carbocycles. The molecular weight excluding hydrogens is 343 g/mol. The molecule has 0 aliphatic rings. The van der Waals surface area contributed by atoms with Gasteiger partial charge in [0.05, 0.1) is 0 Å². The molecule has 0 heterocycles. The lowest BCUT2D eigenvalue weighted by atomic mass is 9.67. The van der Waals surface area contributed by atoms with E-state index in [0.29, 0.717) is 0 Å². The molecule has 1 nitrogen and oxygen atoms in total. The summed E-state index contributed by atoms with van der Waals surface area (Å²) in [4.78, 5) is 0. The Labute approximate surface area is 120 Å². The zero-order valence-electron chi connectivity index (χ0n) is 9.84. The summed E-state index contributed by atoms with van der Waals surface area (Å²) < 4.78 is 0. The van der Waals surface area contributed by atoms with Crippen LogP contribution < -0.4 is 0 Å². The fraction of sp³-hybridized carbons (Fsp3) is 0.385. The SMILES string of the molecule is CB(O)CCC#Cc1cc(CBr)cc(CBr)c1. The van der Waals surface area contributed by atoms with E-state index < -0.39 is 0 Å². The van der Waals surface area contributed by atoms with Gasteiger partial charge in [-0.15, -0.1) is 0 Å². The quantitative estimate of drug-likeness (QED) is 0.493. The van der Waals surface area contributed by atoms with Gasteiger partial charge in [0, 0.05) is 22.6 Å². The maximum Gasteiger partial charge on any atom is 0.286 e. The van der Waals surface area contributed by atoms with E-state index in [-0.39, 0.29) is 6.92 Å². The summed E-state index contributed by atoms with van der Waals surface area (Å²) >= 11 is 6.92. The van der Waals surface area contributed by atoms with Crippen LogP contribution in [0.1, 0.15) is 23.1 Å². The molecule has 0 aromatic heterocycles. The largest absolute Gasteiger partial charge is 0.451 e. The van der Waals surface area contributed by atoms with Gasteiger partial charge in [0.25, 0.3) is 6.92 Å². The van der Waals surface area contributed by atoms with Crippen molar-refractivity contribution in [3.8, 4) is 11.8 Å². The maximum absolute atomic E-state index is 9.13.